The number of hydrogen-bond donors (Lipinski definition) is 5. The summed E-state index contributed by atoms with van der Waals surface area (Å²) in [5.41, 5.74) is 1.29. The molecule has 16 heteroatoms. The number of aromatic nitrogens is 8. The quantitative estimate of drug-likeness (QED) is 0.134. The van der Waals surface area contributed by atoms with E-state index in [0.29, 0.717) is 22.5 Å². The number of phenols is 2. The summed E-state index contributed by atoms with van der Waals surface area (Å²) in [5, 5.41) is 41.2. The molecule has 6 rings (SSSR count). The van der Waals surface area contributed by atoms with Crippen molar-refractivity contribution in [3.8, 4) is 39.7 Å². The van der Waals surface area contributed by atoms with Gasteiger partial charge in [0.05, 0.1) is 27.5 Å². The minimum atomic E-state index is -0.720. The lowest BCUT2D eigenvalue weighted by Gasteiger charge is -2.13. The second-order valence-corrected chi connectivity index (χ2v) is 10.3. The molecule has 4 aromatic heterocycles. The third-order valence-electron chi connectivity index (χ3n) is 6.36. The molecule has 0 aliphatic heterocycles. The monoisotopic (exact) mass is 642 g/mol. The van der Waals surface area contributed by atoms with Crippen LogP contribution < -0.4 is 0 Å². The van der Waals surface area contributed by atoms with E-state index in [-0.39, 0.29) is 60.1 Å². The molecule has 0 aliphatic carbocycles. The Bertz CT molecular complexity index is 1850. The van der Waals surface area contributed by atoms with Gasteiger partial charge in [-0.15, -0.1) is 10.2 Å². The van der Waals surface area contributed by atoms with Crippen LogP contribution >= 0.6 is 46.4 Å². The molecule has 0 radical (unpaired) electrons. The highest BCUT2D eigenvalue weighted by Gasteiger charge is 2.31. The van der Waals surface area contributed by atoms with E-state index in [2.05, 4.69) is 35.8 Å². The number of carbonyl (C=O) groups excluding carboxylic acids is 2. The van der Waals surface area contributed by atoms with Crippen molar-refractivity contribution in [2.75, 3.05) is 0 Å². The number of H-pyrrole nitrogens is 3. The summed E-state index contributed by atoms with van der Waals surface area (Å²) in [6.07, 6.45) is 3.05. The molecule has 0 saturated heterocycles. The molecule has 5 N–H and O–H groups in total. The van der Waals surface area contributed by atoms with Crippen LogP contribution in [-0.4, -0.2) is 62.2 Å². The van der Waals surface area contributed by atoms with Gasteiger partial charge in [0, 0.05) is 23.5 Å². The molecule has 210 valence electrons. The molecule has 42 heavy (non-hydrogen) atoms. The number of aromatic amines is 3. The lowest BCUT2D eigenvalue weighted by Crippen LogP contribution is -2.13. The molecule has 0 unspecified atom stereocenters. The Labute approximate surface area is 254 Å². The summed E-state index contributed by atoms with van der Waals surface area (Å²) in [6.45, 7) is 0. The van der Waals surface area contributed by atoms with Crippen LogP contribution in [0, 0.1) is 0 Å². The fourth-order valence-electron chi connectivity index (χ4n) is 4.38. The second-order valence-electron chi connectivity index (χ2n) is 8.82. The predicted molar refractivity (Wildman–Crippen MR) is 154 cm³/mol. The lowest BCUT2D eigenvalue weighted by molar-refractivity contribution is 0.101. The topological polar surface area (TPSA) is 178 Å². The SMILES string of the molecule is O=C(c1ccc(-c2c[nH]nn2)cc1O)c1[nH]c(Cl)c(Cl)c1-n1c(C(=O)c2ccc(-c3c[nH]nn3)cc2O)cc(Cl)c1Cl. The van der Waals surface area contributed by atoms with E-state index in [1.165, 1.54) is 42.7 Å². The summed E-state index contributed by atoms with van der Waals surface area (Å²) in [7, 11) is 0. The van der Waals surface area contributed by atoms with Gasteiger partial charge in [-0.1, -0.05) is 69.0 Å². The first-order valence-electron chi connectivity index (χ1n) is 11.8. The number of carbonyl (C=O) groups is 2. The molecule has 0 atom stereocenters. The van der Waals surface area contributed by atoms with E-state index >= 15 is 0 Å². The smallest absolute Gasteiger partial charge is 0.215 e. The normalized spacial score (nSPS) is 11.2. The summed E-state index contributed by atoms with van der Waals surface area (Å²) < 4.78 is 1.15. The van der Waals surface area contributed by atoms with Crippen LogP contribution in [0.1, 0.15) is 32.1 Å². The number of ketones is 2. The number of benzene rings is 2. The van der Waals surface area contributed by atoms with Crippen molar-refractivity contribution in [2.24, 2.45) is 0 Å². The summed E-state index contributed by atoms with van der Waals surface area (Å²) >= 11 is 25.7. The summed E-state index contributed by atoms with van der Waals surface area (Å²) in [4.78, 5) is 30.2. The van der Waals surface area contributed by atoms with E-state index in [9.17, 15) is 19.8 Å². The summed E-state index contributed by atoms with van der Waals surface area (Å²) in [6, 6.07) is 9.89. The van der Waals surface area contributed by atoms with Gasteiger partial charge >= 0.3 is 0 Å². The van der Waals surface area contributed by atoms with Gasteiger partial charge in [0.2, 0.25) is 11.6 Å². The van der Waals surface area contributed by atoms with Crippen LogP contribution in [0.5, 0.6) is 11.5 Å². The Kier molecular flexibility index (Phi) is 6.99. The molecule has 4 heterocycles. The molecule has 0 saturated carbocycles. The molecular formula is C26H14Cl4N8O4. The van der Waals surface area contributed by atoms with Gasteiger partial charge in [0.1, 0.15) is 43.9 Å². The second kappa shape index (κ2) is 10.7. The van der Waals surface area contributed by atoms with Gasteiger partial charge in [-0.3, -0.25) is 24.4 Å². The van der Waals surface area contributed by atoms with Gasteiger partial charge in [-0.05, 0) is 30.3 Å². The van der Waals surface area contributed by atoms with Crippen LogP contribution in [0.4, 0.5) is 0 Å². The number of rotatable bonds is 7. The van der Waals surface area contributed by atoms with Crippen molar-refractivity contribution < 1.29 is 19.8 Å². The molecule has 0 spiro atoms. The maximum absolute atomic E-state index is 13.7. The van der Waals surface area contributed by atoms with Gasteiger partial charge in [0.25, 0.3) is 0 Å². The van der Waals surface area contributed by atoms with Crippen molar-refractivity contribution in [3.05, 3.63) is 97.7 Å². The maximum Gasteiger partial charge on any atom is 0.215 e. The van der Waals surface area contributed by atoms with Gasteiger partial charge in [-0.25, -0.2) is 0 Å². The zero-order chi connectivity index (χ0) is 29.7. The minimum Gasteiger partial charge on any atom is -0.507 e. The highest BCUT2D eigenvalue weighted by molar-refractivity contribution is 6.45. The average molecular weight is 644 g/mol. The highest BCUT2D eigenvalue weighted by atomic mass is 35.5. The Morgan fingerprint density at radius 2 is 1.31 bits per heavy atom. The fourth-order valence-corrected chi connectivity index (χ4v) is 5.21. The van der Waals surface area contributed by atoms with Crippen LogP contribution in [0.15, 0.2) is 54.9 Å². The average Bonchev–Trinajstić information content (AvgIpc) is 3.78. The third-order valence-corrected chi connectivity index (χ3v) is 7.87. The molecule has 0 aliphatic rings. The van der Waals surface area contributed by atoms with E-state index in [4.69, 9.17) is 46.4 Å². The molecule has 2 aromatic carbocycles. The first-order chi connectivity index (χ1) is 20.2. The predicted octanol–water partition coefficient (Wildman–Crippen LogP) is 5.86. The van der Waals surface area contributed by atoms with Crippen LogP contribution in [0.2, 0.25) is 20.4 Å². The molecule has 12 nitrogen and oxygen atoms in total. The third kappa shape index (κ3) is 4.60. The van der Waals surface area contributed by atoms with Gasteiger partial charge in [-0.2, -0.15) is 0 Å². The molecule has 0 amide bonds. The first kappa shape index (κ1) is 27.5. The Balaban J connectivity index is 1.45. The molecule has 0 bridgehead atoms. The molecule has 6 aromatic rings. The van der Waals surface area contributed by atoms with Crippen molar-refractivity contribution in [3.63, 3.8) is 0 Å². The van der Waals surface area contributed by atoms with E-state index in [1.807, 2.05) is 0 Å². The largest absolute Gasteiger partial charge is 0.507 e. The summed E-state index contributed by atoms with van der Waals surface area (Å²) in [5.74, 6) is -2.13. The maximum atomic E-state index is 13.7. The molecule has 0 fully saturated rings. The number of hydrogen-bond acceptors (Lipinski definition) is 8. The Morgan fingerprint density at radius 3 is 1.81 bits per heavy atom. The van der Waals surface area contributed by atoms with Crippen LogP contribution in [0.25, 0.3) is 28.2 Å². The fraction of sp³-hybridized carbons (Fsp3) is 0. The Hall–Kier alpha value is -4.62. The lowest BCUT2D eigenvalue weighted by atomic mass is 10.0. The zero-order valence-corrected chi connectivity index (χ0v) is 23.7. The van der Waals surface area contributed by atoms with Crippen LogP contribution in [-0.2, 0) is 0 Å². The number of halogens is 4. The van der Waals surface area contributed by atoms with E-state index in [1.54, 1.807) is 12.1 Å². The van der Waals surface area contributed by atoms with Crippen molar-refractivity contribution in [1.82, 2.24) is 40.4 Å². The molecular weight excluding hydrogens is 630 g/mol. The van der Waals surface area contributed by atoms with Gasteiger partial charge < -0.3 is 15.2 Å². The van der Waals surface area contributed by atoms with Crippen molar-refractivity contribution >= 4 is 58.0 Å². The van der Waals surface area contributed by atoms with Gasteiger partial charge in [0.15, 0.2) is 0 Å². The Morgan fingerprint density at radius 1 is 0.762 bits per heavy atom. The van der Waals surface area contributed by atoms with Crippen LogP contribution in [0.3, 0.4) is 0 Å². The number of phenolic OH excluding ortho intramolecular Hbond substituents is 2. The highest BCUT2D eigenvalue weighted by Crippen LogP contribution is 2.41. The van der Waals surface area contributed by atoms with Crippen molar-refractivity contribution in [1.29, 1.82) is 0 Å². The van der Waals surface area contributed by atoms with E-state index < -0.39 is 11.6 Å². The number of nitrogens with zero attached hydrogens (tertiary/aromatic N) is 5. The number of aromatic hydroxyl groups is 2. The zero-order valence-electron chi connectivity index (χ0n) is 20.7. The standard InChI is InChI=1S/C26H14Cl4N8O4/c27-14-7-17(23(41)12-3-1-10(5-18(12)39)15-8-31-36-34-15)38(26(14)30)22-20(28)25(29)33-21(22)24(42)13-4-2-11(6-19(13)40)16-9-32-37-35-16/h1-9,33,39-40H,(H,31,34,36)(H,32,35,37). The first-order valence-corrected chi connectivity index (χ1v) is 13.3. The minimum absolute atomic E-state index is 0.0367. The van der Waals surface area contributed by atoms with Crippen molar-refractivity contribution in [2.45, 2.75) is 0 Å². The number of nitrogens with one attached hydrogen (secondary N) is 3. The van der Waals surface area contributed by atoms with E-state index in [0.717, 1.165) is 4.57 Å².